The van der Waals surface area contributed by atoms with E-state index in [1.54, 1.807) is 29.4 Å². The summed E-state index contributed by atoms with van der Waals surface area (Å²) in [6.07, 6.45) is 9.18. The second-order valence-electron chi connectivity index (χ2n) is 8.33. The molecule has 0 aromatic carbocycles. The van der Waals surface area contributed by atoms with Crippen LogP contribution in [0.1, 0.15) is 40.8 Å². The third-order valence-electron chi connectivity index (χ3n) is 5.99. The molecular formula is C24H26N4O4S. The van der Waals surface area contributed by atoms with E-state index in [-0.39, 0.29) is 24.0 Å². The fourth-order valence-corrected chi connectivity index (χ4v) is 5.45. The van der Waals surface area contributed by atoms with Gasteiger partial charge in [-0.1, -0.05) is 6.07 Å². The van der Waals surface area contributed by atoms with Gasteiger partial charge in [-0.25, -0.2) is 4.79 Å². The van der Waals surface area contributed by atoms with Gasteiger partial charge < -0.3 is 20.1 Å². The van der Waals surface area contributed by atoms with E-state index in [0.29, 0.717) is 55.9 Å². The summed E-state index contributed by atoms with van der Waals surface area (Å²) < 4.78 is 5.53. The predicted molar refractivity (Wildman–Crippen MR) is 125 cm³/mol. The lowest BCUT2D eigenvalue weighted by molar-refractivity contribution is -0.111. The summed E-state index contributed by atoms with van der Waals surface area (Å²) in [6, 6.07) is 5.89. The predicted octanol–water partition coefficient (Wildman–Crippen LogP) is 3.36. The molecule has 2 amide bonds. The Bertz CT molecular complexity index is 1070. The Morgan fingerprint density at radius 2 is 2.18 bits per heavy atom. The Kier molecular flexibility index (Phi) is 7.37. The van der Waals surface area contributed by atoms with Crippen LogP contribution in [0.4, 0.5) is 9.80 Å². The highest BCUT2D eigenvalue weighted by Gasteiger charge is 2.28. The number of nitrogens with zero attached hydrogens (tertiary/aromatic N) is 3. The lowest BCUT2D eigenvalue weighted by Crippen LogP contribution is -2.41. The maximum absolute atomic E-state index is 12.4. The largest absolute Gasteiger partial charge is 0.449 e. The summed E-state index contributed by atoms with van der Waals surface area (Å²) >= 11 is 1.42. The number of nitriles is 1. The summed E-state index contributed by atoms with van der Waals surface area (Å²) in [5.74, 6) is -0.123. The van der Waals surface area contributed by atoms with E-state index >= 15 is 0 Å². The third-order valence-corrected chi connectivity index (χ3v) is 7.16. The van der Waals surface area contributed by atoms with Crippen molar-refractivity contribution in [3.05, 3.63) is 52.2 Å². The quantitative estimate of drug-likeness (QED) is 0.653. The zero-order valence-corrected chi connectivity index (χ0v) is 19.0. The van der Waals surface area contributed by atoms with Crippen LogP contribution in [0.15, 0.2) is 30.6 Å². The number of hydrogen-bond donors (Lipinski definition) is 2. The van der Waals surface area contributed by atoms with Crippen molar-refractivity contribution in [1.82, 2.24) is 9.88 Å². The third kappa shape index (κ3) is 5.78. The van der Waals surface area contributed by atoms with Crippen LogP contribution in [-0.4, -0.2) is 52.8 Å². The van der Waals surface area contributed by atoms with Crippen LogP contribution in [0.5, 0.6) is 0 Å². The van der Waals surface area contributed by atoms with Gasteiger partial charge in [-0.15, -0.1) is 11.3 Å². The second kappa shape index (κ2) is 10.6. The van der Waals surface area contributed by atoms with E-state index in [1.807, 2.05) is 6.07 Å². The number of carbonyl (C=O) groups is 2. The maximum Gasteiger partial charge on any atom is 0.409 e. The average Bonchev–Trinajstić information content (AvgIpc) is 3.18. The van der Waals surface area contributed by atoms with E-state index in [9.17, 15) is 20.0 Å². The summed E-state index contributed by atoms with van der Waals surface area (Å²) in [6.45, 7) is 1.36. The van der Waals surface area contributed by atoms with Crippen molar-refractivity contribution in [3.8, 4) is 6.07 Å². The number of hydrogen-bond acceptors (Lipinski definition) is 7. The number of piperidine rings is 1. The SMILES string of the molecule is N#Cc1c(NC(=O)C=Cc2cccnc2)sc2c1CC[C@H](COC(=O)N1CCC(O)CC1)C2. The van der Waals surface area contributed by atoms with Gasteiger partial charge in [0.1, 0.15) is 11.1 Å². The molecule has 2 aromatic heterocycles. The van der Waals surface area contributed by atoms with E-state index in [1.165, 1.54) is 17.4 Å². The van der Waals surface area contributed by atoms with Crippen molar-refractivity contribution in [2.75, 3.05) is 25.0 Å². The van der Waals surface area contributed by atoms with Gasteiger partial charge in [0.15, 0.2) is 0 Å². The molecule has 0 bridgehead atoms. The number of aliphatic hydroxyl groups excluding tert-OH is 1. The standard InChI is InChI=1S/C24H26N4O4S/c25-13-20-19-5-3-17(15-32-24(31)28-10-7-18(29)8-11-28)12-21(19)33-23(20)27-22(30)6-4-16-2-1-9-26-14-16/h1-2,4,6,9,14,17-18,29H,3,5,7-8,10-12,15H2,(H,27,30)/t17-/m0/s1. The Morgan fingerprint density at radius 1 is 1.36 bits per heavy atom. The zero-order chi connectivity index (χ0) is 23.2. The molecule has 9 heteroatoms. The van der Waals surface area contributed by atoms with Crippen LogP contribution in [0.25, 0.3) is 6.08 Å². The Labute approximate surface area is 196 Å². The highest BCUT2D eigenvalue weighted by atomic mass is 32.1. The smallest absolute Gasteiger partial charge is 0.409 e. The van der Waals surface area contributed by atoms with E-state index < -0.39 is 0 Å². The number of ether oxygens (including phenoxy) is 1. The van der Waals surface area contributed by atoms with Crippen LogP contribution >= 0.6 is 11.3 Å². The molecule has 2 aliphatic rings. The second-order valence-corrected chi connectivity index (χ2v) is 9.44. The van der Waals surface area contributed by atoms with Gasteiger partial charge in [0.05, 0.1) is 18.3 Å². The first-order chi connectivity index (χ1) is 16.0. The highest BCUT2D eigenvalue weighted by Crippen LogP contribution is 2.39. The Balaban J connectivity index is 1.34. The Morgan fingerprint density at radius 3 is 2.91 bits per heavy atom. The first-order valence-corrected chi connectivity index (χ1v) is 11.9. The molecule has 1 atom stereocenters. The minimum atomic E-state index is -0.334. The monoisotopic (exact) mass is 466 g/mol. The van der Waals surface area contributed by atoms with Gasteiger partial charge in [0.25, 0.3) is 0 Å². The van der Waals surface area contributed by atoms with Crippen LogP contribution < -0.4 is 5.32 Å². The first kappa shape index (κ1) is 23.0. The first-order valence-electron chi connectivity index (χ1n) is 11.1. The molecule has 0 unspecified atom stereocenters. The van der Waals surface area contributed by atoms with Gasteiger partial charge in [-0.2, -0.15) is 5.26 Å². The number of rotatable bonds is 5. The van der Waals surface area contributed by atoms with Crippen LogP contribution in [0.3, 0.4) is 0 Å². The van der Waals surface area contributed by atoms with Gasteiger partial charge >= 0.3 is 6.09 Å². The lowest BCUT2D eigenvalue weighted by atomic mass is 9.88. The molecule has 172 valence electrons. The summed E-state index contributed by atoms with van der Waals surface area (Å²) in [5.41, 5.74) is 2.33. The van der Waals surface area contributed by atoms with Crippen molar-refractivity contribution in [2.45, 2.75) is 38.2 Å². The topological polar surface area (TPSA) is 116 Å². The van der Waals surface area contributed by atoms with Crippen molar-refractivity contribution in [3.63, 3.8) is 0 Å². The molecule has 0 spiro atoms. The summed E-state index contributed by atoms with van der Waals surface area (Å²) in [5, 5.41) is 22.7. The number of thiophene rings is 1. The molecular weight excluding hydrogens is 440 g/mol. The normalized spacial score (nSPS) is 18.5. The van der Waals surface area contributed by atoms with Crippen molar-refractivity contribution >= 4 is 34.4 Å². The number of carbonyl (C=O) groups excluding carboxylic acids is 2. The number of nitrogens with one attached hydrogen (secondary N) is 1. The molecule has 1 aliphatic heterocycles. The number of amides is 2. The fraction of sp³-hybridized carbons (Fsp3) is 0.417. The number of pyridine rings is 1. The van der Waals surface area contributed by atoms with Crippen LogP contribution in [0, 0.1) is 17.2 Å². The van der Waals surface area contributed by atoms with E-state index in [4.69, 9.17) is 4.74 Å². The summed E-state index contributed by atoms with van der Waals surface area (Å²) in [4.78, 5) is 31.4. The molecule has 0 radical (unpaired) electrons. The highest BCUT2D eigenvalue weighted by molar-refractivity contribution is 7.16. The molecule has 1 saturated heterocycles. The molecule has 4 rings (SSSR count). The molecule has 2 aromatic rings. The van der Waals surface area contributed by atoms with Crippen LogP contribution in [-0.2, 0) is 22.4 Å². The number of anilines is 1. The molecule has 3 heterocycles. The molecule has 2 N–H and O–H groups in total. The average molecular weight is 467 g/mol. The number of fused-ring (bicyclic) bond motifs is 1. The van der Waals surface area contributed by atoms with E-state index in [2.05, 4.69) is 16.4 Å². The molecule has 0 saturated carbocycles. The number of aliphatic hydroxyl groups is 1. The van der Waals surface area contributed by atoms with Crippen LogP contribution in [0.2, 0.25) is 0 Å². The molecule has 1 fully saturated rings. The van der Waals surface area contributed by atoms with E-state index in [0.717, 1.165) is 22.4 Å². The minimum absolute atomic E-state index is 0.177. The number of aromatic nitrogens is 1. The Hall–Kier alpha value is -3.22. The molecule has 1 aliphatic carbocycles. The number of likely N-dealkylation sites (tertiary alicyclic amines) is 1. The minimum Gasteiger partial charge on any atom is -0.449 e. The summed E-state index contributed by atoms with van der Waals surface area (Å²) in [7, 11) is 0. The van der Waals surface area contributed by atoms with Gasteiger partial charge in [-0.3, -0.25) is 9.78 Å². The molecule has 8 nitrogen and oxygen atoms in total. The van der Waals surface area contributed by atoms with Crippen molar-refractivity contribution in [2.24, 2.45) is 5.92 Å². The molecule has 33 heavy (non-hydrogen) atoms. The van der Waals surface area contributed by atoms with Gasteiger partial charge in [0.2, 0.25) is 5.91 Å². The van der Waals surface area contributed by atoms with Gasteiger partial charge in [-0.05, 0) is 61.3 Å². The zero-order valence-electron chi connectivity index (χ0n) is 18.2. The van der Waals surface area contributed by atoms with Crippen molar-refractivity contribution < 1.29 is 19.4 Å². The lowest BCUT2D eigenvalue weighted by Gasteiger charge is -2.30. The fourth-order valence-electron chi connectivity index (χ4n) is 4.13. The van der Waals surface area contributed by atoms with Crippen molar-refractivity contribution in [1.29, 1.82) is 5.26 Å². The maximum atomic E-state index is 12.4. The van der Waals surface area contributed by atoms with Gasteiger partial charge in [0, 0.05) is 36.4 Å².